The SMILES string of the molecule is CC(C)(C)S(N)=O.CC1(C)CC(=NS(=O)C(C)(C)C)CN1Cc1ccccc1.CC1(C)CC(=O)CN1.CC1(C)CC(=O)CN1Cc1ccccc1.CC1(C)CC(CS(=O)C(C)(C)C)CN1Cc1ccccc1.CC1(C)CC(N)CN1Cc1ccccc1. The second kappa shape index (κ2) is 32.4. The van der Waals surface area contributed by atoms with Crippen molar-refractivity contribution in [2.24, 2.45) is 21.2 Å². The first-order valence-corrected chi connectivity index (χ1v) is 34.9. The largest absolute Gasteiger partial charge is 0.326 e. The van der Waals surface area contributed by atoms with Gasteiger partial charge in [0.25, 0.3) is 0 Å². The van der Waals surface area contributed by atoms with Crippen LogP contribution in [0, 0.1) is 5.92 Å². The van der Waals surface area contributed by atoms with Crippen molar-refractivity contribution >= 4 is 50.0 Å². The van der Waals surface area contributed by atoms with Crippen LogP contribution < -0.4 is 16.2 Å². The number of rotatable bonds is 11. The summed E-state index contributed by atoms with van der Waals surface area (Å²) in [5.41, 5.74) is 13.0. The van der Waals surface area contributed by atoms with Gasteiger partial charge in [-0.3, -0.25) is 38.5 Å². The number of carbonyl (C=O) groups is 2. The van der Waals surface area contributed by atoms with Crippen LogP contribution in [0.15, 0.2) is 126 Å². The van der Waals surface area contributed by atoms with Crippen LogP contribution in [0.3, 0.4) is 0 Å². The van der Waals surface area contributed by atoms with E-state index in [1.165, 1.54) is 22.3 Å². The number of nitrogens with zero attached hydrogens (tertiary/aromatic N) is 5. The monoisotopic (exact) mass is 1250 g/mol. The molecule has 9 rings (SSSR count). The number of likely N-dealkylation sites (tertiary alicyclic amines) is 4. The van der Waals surface area contributed by atoms with Gasteiger partial charge < -0.3 is 11.1 Å². The lowest BCUT2D eigenvalue weighted by molar-refractivity contribution is -0.117. The average Bonchev–Trinajstić information content (AvgIpc) is 2.20. The van der Waals surface area contributed by atoms with Crippen molar-refractivity contribution in [3.05, 3.63) is 144 Å². The van der Waals surface area contributed by atoms with Crippen molar-refractivity contribution in [1.82, 2.24) is 24.9 Å². The summed E-state index contributed by atoms with van der Waals surface area (Å²) < 4.78 is 38.8. The molecule has 16 heteroatoms. The first-order valence-electron chi connectivity index (χ1n) is 31.3. The summed E-state index contributed by atoms with van der Waals surface area (Å²) in [7, 11) is -3.09. The molecule has 5 atom stereocenters. The summed E-state index contributed by atoms with van der Waals surface area (Å²) in [4.78, 5) is 31.7. The number of benzene rings is 4. The van der Waals surface area contributed by atoms with Crippen LogP contribution in [0.5, 0.6) is 0 Å². The number of nitrogens with one attached hydrogen (secondary N) is 1. The molecule has 5 heterocycles. The van der Waals surface area contributed by atoms with Crippen molar-refractivity contribution in [1.29, 1.82) is 0 Å². The molecule has 13 nitrogen and oxygen atoms in total. The van der Waals surface area contributed by atoms with E-state index < -0.39 is 32.8 Å². The Hall–Kier alpha value is -3.94. The van der Waals surface area contributed by atoms with Crippen molar-refractivity contribution in [3.8, 4) is 0 Å². The molecule has 0 amide bonds. The second-order valence-corrected chi connectivity index (χ2v) is 36.6. The Morgan fingerprint density at radius 1 is 0.494 bits per heavy atom. The Kier molecular flexibility index (Phi) is 28.1. The highest BCUT2D eigenvalue weighted by molar-refractivity contribution is 7.86. The standard InChI is InChI=1S/C18H29NOS.C17H26N2OS.C13H20N2.C13H17NO.C6H11NO.C4H11NOS/c1-17(2,3)21(20)14-16-11-18(4,5)19(13-16)12-15-9-7-6-8-10-15;1-16(2,3)21(20)18-15-11-17(4,5)19(13-15)12-14-9-7-6-8-10-14;1-13(2)8-12(14)10-15(13)9-11-6-4-3-5-7-11;1-13(2)8-12(15)10-14(13)9-11-6-4-3-5-7-11;1-6(2)3-5(8)4-7-6;1-4(2,3)7(5)6/h6-10,16H,11-14H2,1-5H3;6-10H,11-13H2,1-5H3;3-7,12H,8-10,14H2,1-2H3;3-7H,8-10H2,1-2H3;7H,3-4H2,1-2H3;5H2,1-3H3. The number of ketones is 2. The highest BCUT2D eigenvalue weighted by Crippen LogP contribution is 2.36. The molecular weight excluding hydrogens is 1140 g/mol. The van der Waals surface area contributed by atoms with E-state index in [9.17, 15) is 22.2 Å². The first-order chi connectivity index (χ1) is 40.1. The van der Waals surface area contributed by atoms with E-state index in [1.54, 1.807) is 0 Å². The summed E-state index contributed by atoms with van der Waals surface area (Å²) >= 11 is 0. The third kappa shape index (κ3) is 26.4. The van der Waals surface area contributed by atoms with E-state index >= 15 is 0 Å². The van der Waals surface area contributed by atoms with Crippen molar-refractivity contribution < 1.29 is 22.2 Å². The Balaban J connectivity index is 0.000000232. The summed E-state index contributed by atoms with van der Waals surface area (Å²) in [6, 6.07) is 42.4. The predicted octanol–water partition coefficient (Wildman–Crippen LogP) is 12.4. The zero-order valence-corrected chi connectivity index (χ0v) is 59.4. The molecule has 87 heavy (non-hydrogen) atoms. The molecule has 5 saturated heterocycles. The summed E-state index contributed by atoms with van der Waals surface area (Å²) in [5, 5.41) is 8.14. The third-order valence-electron chi connectivity index (χ3n) is 16.6. The molecule has 5 aliphatic heterocycles. The van der Waals surface area contributed by atoms with Crippen LogP contribution in [0.4, 0.5) is 0 Å². The Morgan fingerprint density at radius 2 is 0.874 bits per heavy atom. The number of Topliss-reactive ketones (excluding diaryl/α,β-unsaturated/α-hetero) is 2. The van der Waals surface area contributed by atoms with E-state index in [1.807, 2.05) is 79.7 Å². The fraction of sp³-hybridized carbons (Fsp3) is 0.620. The van der Waals surface area contributed by atoms with E-state index in [0.29, 0.717) is 49.5 Å². The number of hydrogen-bond donors (Lipinski definition) is 3. The van der Waals surface area contributed by atoms with Gasteiger partial charge in [-0.25, -0.2) is 8.42 Å². The highest BCUT2D eigenvalue weighted by atomic mass is 32.2. The molecule has 5 N–H and O–H groups in total. The molecule has 4 aromatic carbocycles. The van der Waals surface area contributed by atoms with E-state index in [-0.39, 0.29) is 41.9 Å². The maximum atomic E-state index is 12.4. The van der Waals surface area contributed by atoms with Crippen LogP contribution in [0.25, 0.3) is 0 Å². The van der Waals surface area contributed by atoms with Gasteiger partial charge >= 0.3 is 0 Å². The minimum absolute atomic E-state index is 0.0208. The fourth-order valence-electron chi connectivity index (χ4n) is 11.2. The average molecular weight is 1260 g/mol. The van der Waals surface area contributed by atoms with Gasteiger partial charge in [0.1, 0.15) is 22.6 Å². The molecule has 0 spiro atoms. The highest BCUT2D eigenvalue weighted by Gasteiger charge is 2.41. The fourth-order valence-corrected chi connectivity index (χ4v) is 12.9. The zero-order valence-electron chi connectivity index (χ0n) is 57.0. The number of hydrogen-bond acceptors (Lipinski definition) is 11. The van der Waals surface area contributed by atoms with Gasteiger partial charge in [-0.2, -0.15) is 4.40 Å². The summed E-state index contributed by atoms with van der Waals surface area (Å²) in [6.07, 6.45) is 4.50. The van der Waals surface area contributed by atoms with Gasteiger partial charge in [0.15, 0.2) is 0 Å². The molecule has 5 aliphatic rings. The molecular formula is C71H114N8O5S3. The van der Waals surface area contributed by atoms with Crippen LogP contribution in [0.1, 0.15) is 186 Å². The molecule has 0 aliphatic carbocycles. The Bertz CT molecular complexity index is 2860. The zero-order chi connectivity index (χ0) is 65.4. The lowest BCUT2D eigenvalue weighted by atomic mass is 9.97. The lowest BCUT2D eigenvalue weighted by Gasteiger charge is -2.31. The van der Waals surface area contributed by atoms with Crippen LogP contribution >= 0.6 is 0 Å². The Labute approximate surface area is 535 Å². The number of nitrogens with two attached hydrogens (primary N) is 2. The summed E-state index contributed by atoms with van der Waals surface area (Å²) in [6.45, 7) is 47.5. The van der Waals surface area contributed by atoms with Crippen molar-refractivity contribution in [2.45, 2.75) is 238 Å². The van der Waals surface area contributed by atoms with E-state index in [2.05, 4.69) is 203 Å². The number of carbonyl (C=O) groups excluding carboxylic acids is 2. The quantitative estimate of drug-likeness (QED) is 0.130. The second-order valence-electron chi connectivity index (χ2n) is 30.6. The normalized spacial score (nSPS) is 23.1. The van der Waals surface area contributed by atoms with Crippen molar-refractivity contribution in [3.63, 3.8) is 0 Å². The van der Waals surface area contributed by atoms with Crippen LogP contribution in [-0.4, -0.2) is 136 Å². The predicted molar refractivity (Wildman–Crippen MR) is 371 cm³/mol. The molecule has 0 radical (unpaired) electrons. The molecule has 4 aromatic rings. The minimum Gasteiger partial charge on any atom is -0.326 e. The van der Waals surface area contributed by atoms with Gasteiger partial charge in [-0.05, 0) is 173 Å². The Morgan fingerprint density at radius 3 is 1.18 bits per heavy atom. The molecule has 0 saturated carbocycles. The topological polar surface area (TPSA) is 175 Å². The van der Waals surface area contributed by atoms with Gasteiger partial charge in [0, 0.05) is 126 Å². The molecule has 0 aromatic heterocycles. The van der Waals surface area contributed by atoms with Gasteiger partial charge in [-0.15, -0.1) is 0 Å². The minimum atomic E-state index is -1.18. The van der Waals surface area contributed by atoms with Crippen LogP contribution in [0.2, 0.25) is 0 Å². The first kappa shape index (κ1) is 75.5. The summed E-state index contributed by atoms with van der Waals surface area (Å²) in [5.74, 6) is 2.06. The van der Waals surface area contributed by atoms with Gasteiger partial charge in [-0.1, -0.05) is 121 Å². The molecule has 486 valence electrons. The smallest absolute Gasteiger partial charge is 0.148 e. The van der Waals surface area contributed by atoms with E-state index in [0.717, 1.165) is 76.5 Å². The van der Waals surface area contributed by atoms with Gasteiger partial charge in [0.2, 0.25) is 0 Å². The van der Waals surface area contributed by atoms with Gasteiger partial charge in [0.05, 0.1) is 33.6 Å². The molecule has 0 bridgehead atoms. The molecule has 5 fully saturated rings. The van der Waals surface area contributed by atoms with Crippen LogP contribution in [-0.2, 0) is 68.5 Å². The van der Waals surface area contributed by atoms with E-state index in [4.69, 9.17) is 10.9 Å². The maximum Gasteiger partial charge on any atom is 0.148 e. The lowest BCUT2D eigenvalue weighted by Crippen LogP contribution is -2.37. The maximum absolute atomic E-state index is 12.4. The molecule has 5 unspecified atom stereocenters. The third-order valence-corrected chi connectivity index (χ3v) is 21.4. The van der Waals surface area contributed by atoms with Crippen molar-refractivity contribution in [2.75, 3.05) is 38.5 Å².